The molecule has 2 heterocycles. The van der Waals surface area contributed by atoms with Crippen LogP contribution in [0.1, 0.15) is 11.1 Å². The molecule has 290 valence electrons. The molecule has 3 heteroatoms. The molecule has 0 amide bonds. The number of aromatic nitrogens is 1. The Bertz CT molecular complexity index is 3650. The normalized spacial score (nSPS) is 11.8. The molecule has 2 nitrogen and oxygen atoms in total. The van der Waals surface area contributed by atoms with E-state index in [4.69, 9.17) is 4.42 Å². The molecule has 0 unspecified atom stereocenters. The van der Waals surface area contributed by atoms with E-state index in [1.165, 1.54) is 42.8 Å². The number of fused-ring (bicyclic) bond motifs is 9. The topological polar surface area (TPSA) is 18.1 Å². The predicted octanol–water partition coefficient (Wildman–Crippen LogP) is 13.0. The van der Waals surface area contributed by atoms with Crippen LogP contribution in [-0.4, -0.2) is 12.6 Å². The molecule has 10 aromatic carbocycles. The average Bonchev–Trinajstić information content (AvgIpc) is 3.88. The van der Waals surface area contributed by atoms with Crippen LogP contribution in [0, 0.1) is 18.4 Å². The van der Waals surface area contributed by atoms with Gasteiger partial charge >= 0.3 is 0 Å². The van der Waals surface area contributed by atoms with E-state index in [9.17, 15) is 0 Å². The Labute approximate surface area is 360 Å². The highest BCUT2D eigenvalue weighted by molar-refractivity contribution is 7.16. The number of aryl methyl sites for hydroxylation is 1. The number of benzene rings is 10. The van der Waals surface area contributed by atoms with Gasteiger partial charge in [-0.05, 0) is 97.6 Å². The lowest BCUT2D eigenvalue weighted by molar-refractivity contribution is 0.673. The molecule has 0 bridgehead atoms. The number of hydrogen-bond donors (Lipinski definition) is 0. The van der Waals surface area contributed by atoms with Gasteiger partial charge in [0.1, 0.15) is 11.2 Å². The molecule has 0 fully saturated rings. The fourth-order valence-corrected chi connectivity index (χ4v) is 13.8. The van der Waals surface area contributed by atoms with Crippen LogP contribution >= 0.6 is 0 Å². The Hall–Kier alpha value is -7.90. The third kappa shape index (κ3) is 5.51. The van der Waals surface area contributed by atoms with E-state index in [-0.39, 0.29) is 0 Å². The third-order valence-electron chi connectivity index (χ3n) is 12.8. The van der Waals surface area contributed by atoms with Gasteiger partial charge in [-0.2, -0.15) is 0 Å². The first-order chi connectivity index (χ1) is 30.7. The molecule has 0 aliphatic carbocycles. The minimum Gasteiger partial charge on any atom is -0.455 e. The standard InChI is InChI=1S/C59H39NOSi/c1-40-30-32-47-48(36-37-62(43-20-8-3-9-21-43,44-22-10-4-11-23-44)45-24-12-5-13-25-45)46-26-14-15-27-49(46)57(53(47)38-40)41-31-35-56-52(39-41)50-33-34-55-58(59(50)61-56)51-28-16-17-29-54(51)60(55)42-18-6-2-7-19-42/h2-35,38-39H,1H3. The molecule has 0 saturated heterocycles. The van der Waals surface area contributed by atoms with Crippen molar-refractivity contribution in [1.82, 2.24) is 4.57 Å². The van der Waals surface area contributed by atoms with Crippen LogP contribution in [0.2, 0.25) is 0 Å². The second-order valence-electron chi connectivity index (χ2n) is 16.3. The smallest absolute Gasteiger partial charge is 0.230 e. The van der Waals surface area contributed by atoms with Gasteiger partial charge in [-0.1, -0.05) is 187 Å². The summed E-state index contributed by atoms with van der Waals surface area (Å²) in [5, 5.41) is 13.0. The summed E-state index contributed by atoms with van der Waals surface area (Å²) < 4.78 is 9.22. The first-order valence-electron chi connectivity index (χ1n) is 21.3. The lowest BCUT2D eigenvalue weighted by Crippen LogP contribution is -2.66. The number of para-hydroxylation sites is 2. The molecule has 0 aliphatic heterocycles. The zero-order valence-corrected chi connectivity index (χ0v) is 35.1. The first kappa shape index (κ1) is 36.0. The van der Waals surface area contributed by atoms with E-state index in [1.807, 2.05) is 0 Å². The maximum absolute atomic E-state index is 6.87. The largest absolute Gasteiger partial charge is 0.455 e. The Balaban J connectivity index is 1.11. The van der Waals surface area contributed by atoms with Gasteiger partial charge in [-0.15, -0.1) is 5.54 Å². The van der Waals surface area contributed by atoms with E-state index in [0.717, 1.165) is 65.9 Å². The summed E-state index contributed by atoms with van der Waals surface area (Å²) in [6.45, 7) is 2.19. The highest BCUT2D eigenvalue weighted by Crippen LogP contribution is 2.44. The van der Waals surface area contributed by atoms with E-state index >= 15 is 0 Å². The van der Waals surface area contributed by atoms with Crippen molar-refractivity contribution in [3.63, 3.8) is 0 Å². The van der Waals surface area contributed by atoms with Gasteiger partial charge in [0.2, 0.25) is 8.07 Å². The summed E-state index contributed by atoms with van der Waals surface area (Å²) in [4.78, 5) is 0. The molecule has 62 heavy (non-hydrogen) atoms. The van der Waals surface area contributed by atoms with Crippen LogP contribution in [0.5, 0.6) is 0 Å². The van der Waals surface area contributed by atoms with Gasteiger partial charge in [0.25, 0.3) is 0 Å². The highest BCUT2D eigenvalue weighted by Gasteiger charge is 2.38. The van der Waals surface area contributed by atoms with Crippen LogP contribution in [0.3, 0.4) is 0 Å². The Morgan fingerprint density at radius 1 is 0.435 bits per heavy atom. The van der Waals surface area contributed by atoms with E-state index in [0.29, 0.717) is 0 Å². The van der Waals surface area contributed by atoms with Gasteiger partial charge in [-0.25, -0.2) is 0 Å². The fraction of sp³-hybridized carbons (Fsp3) is 0.0169. The summed E-state index contributed by atoms with van der Waals surface area (Å²) in [6, 6.07) is 79.0. The quantitative estimate of drug-likeness (QED) is 0.0733. The minimum absolute atomic E-state index is 0.879. The molecule has 0 saturated carbocycles. The van der Waals surface area contributed by atoms with Crippen molar-refractivity contribution in [2.75, 3.05) is 0 Å². The number of furan rings is 1. The van der Waals surface area contributed by atoms with Gasteiger partial charge < -0.3 is 8.98 Å². The van der Waals surface area contributed by atoms with Crippen molar-refractivity contribution < 1.29 is 4.42 Å². The molecule has 2 aromatic heterocycles. The SMILES string of the molecule is Cc1ccc2c(C#C[Si](c3ccccc3)(c3ccccc3)c3ccccc3)c3ccccc3c(-c3ccc4oc5c(ccc6c5c5ccccc5n6-c5ccccc5)c4c3)c2c1. The Kier molecular flexibility index (Phi) is 8.35. The second kappa shape index (κ2) is 14.4. The van der Waals surface area contributed by atoms with Crippen molar-refractivity contribution in [3.05, 3.63) is 230 Å². The summed E-state index contributed by atoms with van der Waals surface area (Å²) >= 11 is 0. The highest BCUT2D eigenvalue weighted by atomic mass is 28.3. The zero-order valence-electron chi connectivity index (χ0n) is 34.1. The molecule has 12 aromatic rings. The predicted molar refractivity (Wildman–Crippen MR) is 264 cm³/mol. The van der Waals surface area contributed by atoms with Crippen LogP contribution in [0.4, 0.5) is 0 Å². The van der Waals surface area contributed by atoms with E-state index in [1.54, 1.807) is 0 Å². The number of nitrogens with zero attached hydrogens (tertiary/aromatic N) is 1. The molecule has 0 spiro atoms. The molecular weight excluding hydrogens is 767 g/mol. The summed E-state index contributed by atoms with van der Waals surface area (Å²) in [7, 11) is -2.85. The number of rotatable bonds is 5. The van der Waals surface area contributed by atoms with E-state index in [2.05, 4.69) is 241 Å². The molecule has 0 atom stereocenters. The van der Waals surface area contributed by atoms with Crippen LogP contribution in [0.25, 0.3) is 82.1 Å². The van der Waals surface area contributed by atoms with Crippen LogP contribution in [0.15, 0.2) is 223 Å². The maximum Gasteiger partial charge on any atom is 0.230 e. The molecule has 0 aliphatic rings. The molecular formula is C59H39NOSi. The summed E-state index contributed by atoms with van der Waals surface area (Å²) in [6.07, 6.45) is 0. The fourth-order valence-electron chi connectivity index (χ4n) is 9.97. The lowest BCUT2D eigenvalue weighted by atomic mass is 9.87. The summed E-state index contributed by atoms with van der Waals surface area (Å²) in [5.74, 6) is 3.95. The third-order valence-corrected chi connectivity index (χ3v) is 16.8. The van der Waals surface area contributed by atoms with Crippen molar-refractivity contribution in [1.29, 1.82) is 0 Å². The van der Waals surface area contributed by atoms with Crippen molar-refractivity contribution in [3.8, 4) is 28.3 Å². The Morgan fingerprint density at radius 2 is 1.00 bits per heavy atom. The van der Waals surface area contributed by atoms with Crippen LogP contribution < -0.4 is 15.6 Å². The lowest BCUT2D eigenvalue weighted by Gasteiger charge is -2.28. The van der Waals surface area contributed by atoms with Gasteiger partial charge in [0, 0.05) is 27.4 Å². The maximum atomic E-state index is 6.87. The van der Waals surface area contributed by atoms with Crippen molar-refractivity contribution in [2.24, 2.45) is 0 Å². The van der Waals surface area contributed by atoms with Crippen LogP contribution in [-0.2, 0) is 0 Å². The average molecular weight is 806 g/mol. The molecule has 0 radical (unpaired) electrons. The van der Waals surface area contributed by atoms with Crippen molar-refractivity contribution >= 4 is 88.9 Å². The Morgan fingerprint density at radius 3 is 1.68 bits per heavy atom. The van der Waals surface area contributed by atoms with E-state index < -0.39 is 8.07 Å². The van der Waals surface area contributed by atoms with Crippen molar-refractivity contribution in [2.45, 2.75) is 6.92 Å². The van der Waals surface area contributed by atoms with Gasteiger partial charge in [0.15, 0.2) is 0 Å². The minimum atomic E-state index is -2.85. The summed E-state index contributed by atoms with van der Waals surface area (Å²) in [5.41, 5.74) is 14.0. The zero-order chi connectivity index (χ0) is 41.2. The second-order valence-corrected chi connectivity index (χ2v) is 19.8. The van der Waals surface area contributed by atoms with Gasteiger partial charge in [0.05, 0.1) is 16.4 Å². The molecule has 0 N–H and O–H groups in total. The molecule has 12 rings (SSSR count). The van der Waals surface area contributed by atoms with Gasteiger partial charge in [-0.3, -0.25) is 0 Å². The number of hydrogen-bond acceptors (Lipinski definition) is 1. The monoisotopic (exact) mass is 805 g/mol. The first-order valence-corrected chi connectivity index (χ1v) is 23.3.